The van der Waals surface area contributed by atoms with Gasteiger partial charge in [-0.3, -0.25) is 4.57 Å². The number of nitrogens with zero attached hydrogens (tertiary/aromatic N) is 4. The van der Waals surface area contributed by atoms with Crippen molar-refractivity contribution in [2.75, 3.05) is 0 Å². The third-order valence-corrected chi connectivity index (χ3v) is 3.73. The predicted molar refractivity (Wildman–Crippen MR) is 82.6 cm³/mol. The molecule has 0 spiro atoms. The number of benzene rings is 1. The van der Waals surface area contributed by atoms with Gasteiger partial charge in [0.15, 0.2) is 5.58 Å². The quantitative estimate of drug-likeness (QED) is 0.648. The van der Waals surface area contributed by atoms with E-state index >= 15 is 0 Å². The lowest BCUT2D eigenvalue weighted by Gasteiger charge is -2.04. The molecule has 0 saturated heterocycles. The summed E-state index contributed by atoms with van der Waals surface area (Å²) >= 11 is 2.19. The Labute approximate surface area is 128 Å². The van der Waals surface area contributed by atoms with Crippen LogP contribution in [0, 0.1) is 3.57 Å². The second kappa shape index (κ2) is 5.39. The van der Waals surface area contributed by atoms with Crippen molar-refractivity contribution in [1.29, 1.82) is 0 Å². The number of fused-ring (bicyclic) bond motifs is 1. The van der Waals surface area contributed by atoms with Gasteiger partial charge in [0, 0.05) is 10.1 Å². The monoisotopic (exact) mass is 384 g/mol. The Kier molecular flexibility index (Phi) is 3.60. The second-order valence-electron chi connectivity index (χ2n) is 4.47. The SMILES string of the molecule is CCCn1ncnc1Cn1c(=O)oc2cc(I)ccc21. The average Bonchev–Trinajstić information content (AvgIpc) is 2.96. The Morgan fingerprint density at radius 3 is 3.05 bits per heavy atom. The van der Waals surface area contributed by atoms with Gasteiger partial charge in [-0.25, -0.2) is 14.5 Å². The second-order valence-corrected chi connectivity index (χ2v) is 5.71. The number of aromatic nitrogens is 4. The molecule has 0 aliphatic carbocycles. The van der Waals surface area contributed by atoms with Crippen LogP contribution in [-0.4, -0.2) is 19.3 Å². The summed E-state index contributed by atoms with van der Waals surface area (Å²) < 4.78 is 9.71. The summed E-state index contributed by atoms with van der Waals surface area (Å²) in [5.74, 6) is 0.392. The highest BCUT2D eigenvalue weighted by molar-refractivity contribution is 14.1. The van der Waals surface area contributed by atoms with Crippen LogP contribution in [0.1, 0.15) is 19.2 Å². The van der Waals surface area contributed by atoms with Crippen LogP contribution in [0.2, 0.25) is 0 Å². The van der Waals surface area contributed by atoms with Crippen LogP contribution in [-0.2, 0) is 13.1 Å². The molecule has 3 rings (SSSR count). The van der Waals surface area contributed by atoms with Crippen molar-refractivity contribution < 1.29 is 4.42 Å². The lowest BCUT2D eigenvalue weighted by Crippen LogP contribution is -2.18. The molecule has 0 saturated carbocycles. The van der Waals surface area contributed by atoms with E-state index in [-0.39, 0.29) is 5.76 Å². The first-order chi connectivity index (χ1) is 9.69. The van der Waals surface area contributed by atoms with Crippen LogP contribution < -0.4 is 5.76 Å². The minimum atomic E-state index is -0.368. The van der Waals surface area contributed by atoms with Gasteiger partial charge < -0.3 is 4.42 Å². The maximum absolute atomic E-state index is 12.0. The van der Waals surface area contributed by atoms with Gasteiger partial charge in [-0.2, -0.15) is 5.10 Å². The number of hydrogen-bond donors (Lipinski definition) is 0. The van der Waals surface area contributed by atoms with E-state index in [0.29, 0.717) is 12.1 Å². The zero-order valence-electron chi connectivity index (χ0n) is 10.9. The number of oxazole rings is 1. The van der Waals surface area contributed by atoms with E-state index in [2.05, 4.69) is 39.6 Å². The highest BCUT2D eigenvalue weighted by atomic mass is 127. The molecule has 7 heteroatoms. The van der Waals surface area contributed by atoms with Crippen molar-refractivity contribution >= 4 is 33.7 Å². The fourth-order valence-corrected chi connectivity index (χ4v) is 2.60. The van der Waals surface area contributed by atoms with E-state index in [9.17, 15) is 4.79 Å². The molecule has 3 aromatic rings. The summed E-state index contributed by atoms with van der Waals surface area (Å²) in [4.78, 5) is 16.2. The van der Waals surface area contributed by atoms with Crippen LogP contribution in [0.5, 0.6) is 0 Å². The molecule has 2 aromatic heterocycles. The number of hydrogen-bond acceptors (Lipinski definition) is 4. The summed E-state index contributed by atoms with van der Waals surface area (Å²) in [7, 11) is 0. The summed E-state index contributed by atoms with van der Waals surface area (Å²) in [5, 5.41) is 4.17. The lowest BCUT2D eigenvalue weighted by molar-refractivity contribution is 0.499. The van der Waals surface area contributed by atoms with Gasteiger partial charge >= 0.3 is 5.76 Å². The smallest absolute Gasteiger partial charge is 0.408 e. The fraction of sp³-hybridized carbons (Fsp3) is 0.308. The first-order valence-electron chi connectivity index (χ1n) is 6.34. The molecule has 0 unspecified atom stereocenters. The van der Waals surface area contributed by atoms with Gasteiger partial charge in [0.1, 0.15) is 12.2 Å². The zero-order chi connectivity index (χ0) is 14.1. The number of rotatable bonds is 4. The third-order valence-electron chi connectivity index (χ3n) is 3.06. The molecule has 0 amide bonds. The average molecular weight is 384 g/mol. The van der Waals surface area contributed by atoms with Crippen molar-refractivity contribution in [1.82, 2.24) is 19.3 Å². The molecule has 0 bridgehead atoms. The fourth-order valence-electron chi connectivity index (χ4n) is 2.14. The lowest BCUT2D eigenvalue weighted by atomic mass is 10.3. The van der Waals surface area contributed by atoms with Gasteiger partial charge in [0.25, 0.3) is 0 Å². The van der Waals surface area contributed by atoms with Crippen LogP contribution in [0.3, 0.4) is 0 Å². The maximum Gasteiger partial charge on any atom is 0.420 e. The summed E-state index contributed by atoms with van der Waals surface area (Å²) in [6.45, 7) is 3.23. The van der Waals surface area contributed by atoms with E-state index in [4.69, 9.17) is 4.42 Å². The molecular weight excluding hydrogens is 371 g/mol. The largest absolute Gasteiger partial charge is 0.420 e. The van der Waals surface area contributed by atoms with E-state index in [1.807, 2.05) is 22.9 Å². The van der Waals surface area contributed by atoms with Gasteiger partial charge in [0.2, 0.25) is 0 Å². The topological polar surface area (TPSA) is 65.8 Å². The number of halogens is 1. The molecule has 2 heterocycles. The molecule has 1 aromatic carbocycles. The minimum absolute atomic E-state index is 0.367. The molecule has 6 nitrogen and oxygen atoms in total. The Morgan fingerprint density at radius 1 is 1.40 bits per heavy atom. The molecule has 0 radical (unpaired) electrons. The highest BCUT2D eigenvalue weighted by Crippen LogP contribution is 2.17. The minimum Gasteiger partial charge on any atom is -0.408 e. The van der Waals surface area contributed by atoms with Gasteiger partial charge in [0.05, 0.1) is 12.1 Å². The van der Waals surface area contributed by atoms with Gasteiger partial charge in [-0.1, -0.05) is 6.92 Å². The highest BCUT2D eigenvalue weighted by Gasteiger charge is 2.12. The maximum atomic E-state index is 12.0. The summed E-state index contributed by atoms with van der Waals surface area (Å²) in [6.07, 6.45) is 2.48. The summed E-state index contributed by atoms with van der Waals surface area (Å²) in [6, 6.07) is 5.69. The van der Waals surface area contributed by atoms with Gasteiger partial charge in [-0.05, 0) is 47.2 Å². The molecule has 0 N–H and O–H groups in total. The molecule has 0 fully saturated rings. The summed E-state index contributed by atoms with van der Waals surface area (Å²) in [5.41, 5.74) is 1.38. The van der Waals surface area contributed by atoms with Crippen molar-refractivity contribution in [2.24, 2.45) is 0 Å². The molecular formula is C13H13IN4O2. The van der Waals surface area contributed by atoms with Crippen LogP contribution >= 0.6 is 22.6 Å². The van der Waals surface area contributed by atoms with Crippen molar-refractivity contribution in [3.05, 3.63) is 44.5 Å². The van der Waals surface area contributed by atoms with E-state index in [0.717, 1.165) is 27.9 Å². The Bertz CT molecular complexity index is 802. The van der Waals surface area contributed by atoms with Crippen molar-refractivity contribution in [2.45, 2.75) is 26.4 Å². The Balaban J connectivity index is 2.04. The molecule has 0 aliphatic rings. The van der Waals surface area contributed by atoms with Crippen LogP contribution in [0.15, 0.2) is 33.7 Å². The van der Waals surface area contributed by atoms with Crippen molar-refractivity contribution in [3.63, 3.8) is 0 Å². The molecule has 0 atom stereocenters. The Morgan fingerprint density at radius 2 is 2.25 bits per heavy atom. The predicted octanol–water partition coefficient (Wildman–Crippen LogP) is 2.25. The zero-order valence-corrected chi connectivity index (χ0v) is 13.1. The van der Waals surface area contributed by atoms with Crippen LogP contribution in [0.4, 0.5) is 0 Å². The first kappa shape index (κ1) is 13.3. The van der Waals surface area contributed by atoms with Gasteiger partial charge in [-0.15, -0.1) is 0 Å². The Hall–Kier alpha value is -1.64. The van der Waals surface area contributed by atoms with Crippen LogP contribution in [0.25, 0.3) is 11.1 Å². The standard InChI is InChI=1S/C13H13IN4O2/c1-2-5-18-12(15-8-16-18)7-17-10-4-3-9(14)6-11(10)20-13(17)19/h3-4,6,8H,2,5,7H2,1H3. The molecule has 104 valence electrons. The molecule has 0 aliphatic heterocycles. The first-order valence-corrected chi connectivity index (χ1v) is 7.42. The van der Waals surface area contributed by atoms with Crippen molar-refractivity contribution in [3.8, 4) is 0 Å². The van der Waals surface area contributed by atoms with E-state index < -0.39 is 0 Å². The number of aryl methyl sites for hydroxylation is 1. The normalized spacial score (nSPS) is 11.3. The van der Waals surface area contributed by atoms with E-state index in [1.165, 1.54) is 6.33 Å². The molecule has 20 heavy (non-hydrogen) atoms. The third kappa shape index (κ3) is 2.37. The van der Waals surface area contributed by atoms with E-state index in [1.54, 1.807) is 4.57 Å².